The van der Waals surface area contributed by atoms with Crippen LogP contribution in [0, 0.1) is 0 Å². The first-order valence-corrected chi connectivity index (χ1v) is 8.10. The van der Waals surface area contributed by atoms with E-state index in [0.29, 0.717) is 0 Å². The molecule has 22 heavy (non-hydrogen) atoms. The predicted octanol–water partition coefficient (Wildman–Crippen LogP) is 5.51. The van der Waals surface area contributed by atoms with Crippen molar-refractivity contribution in [2.75, 3.05) is 0 Å². The highest BCUT2D eigenvalue weighted by atomic mass is 35.5. The van der Waals surface area contributed by atoms with Crippen LogP contribution in [0.5, 0.6) is 5.75 Å². The first kappa shape index (κ1) is 13.7. The van der Waals surface area contributed by atoms with Crippen LogP contribution in [-0.4, -0.2) is 5.38 Å². The van der Waals surface area contributed by atoms with Crippen molar-refractivity contribution in [3.8, 4) is 5.75 Å². The normalized spacial score (nSPS) is 21.0. The summed E-state index contributed by atoms with van der Waals surface area (Å²) in [6.45, 7) is 0. The fourth-order valence-electron chi connectivity index (χ4n) is 3.16. The quantitative estimate of drug-likeness (QED) is 0.538. The van der Waals surface area contributed by atoms with E-state index < -0.39 is 0 Å². The highest BCUT2D eigenvalue weighted by Gasteiger charge is 2.24. The molecular weight excluding hydrogens is 292 g/mol. The second-order valence-electron chi connectivity index (χ2n) is 5.86. The van der Waals surface area contributed by atoms with Gasteiger partial charge in [-0.25, -0.2) is 0 Å². The molecule has 1 aliphatic heterocycles. The summed E-state index contributed by atoms with van der Waals surface area (Å²) in [6.07, 6.45) is 1.70. The van der Waals surface area contributed by atoms with Gasteiger partial charge in [0.05, 0.1) is 0 Å². The molecule has 0 amide bonds. The molecule has 0 fully saturated rings. The lowest BCUT2D eigenvalue weighted by atomic mass is 9.99. The predicted molar refractivity (Wildman–Crippen MR) is 91.7 cm³/mol. The summed E-state index contributed by atoms with van der Waals surface area (Å²) in [7, 11) is 0. The SMILES string of the molecule is Cl[C@H]1Cc2ccccc2O[C@@H](c2ccc3ccccc3c2)C1. The van der Waals surface area contributed by atoms with Crippen molar-refractivity contribution < 1.29 is 4.74 Å². The average molecular weight is 309 g/mol. The zero-order chi connectivity index (χ0) is 14.9. The van der Waals surface area contributed by atoms with Crippen LogP contribution >= 0.6 is 11.6 Å². The maximum absolute atomic E-state index is 6.53. The Hall–Kier alpha value is -1.99. The highest BCUT2D eigenvalue weighted by Crippen LogP contribution is 2.36. The molecule has 3 aromatic rings. The van der Waals surface area contributed by atoms with E-state index in [1.807, 2.05) is 18.2 Å². The van der Waals surface area contributed by atoms with Gasteiger partial charge in [0, 0.05) is 11.8 Å². The molecule has 1 aliphatic rings. The van der Waals surface area contributed by atoms with Gasteiger partial charge in [0.25, 0.3) is 0 Å². The molecule has 0 aromatic heterocycles. The van der Waals surface area contributed by atoms with E-state index in [9.17, 15) is 0 Å². The van der Waals surface area contributed by atoms with Crippen molar-refractivity contribution in [1.29, 1.82) is 0 Å². The monoisotopic (exact) mass is 308 g/mol. The van der Waals surface area contributed by atoms with Crippen molar-refractivity contribution >= 4 is 22.4 Å². The Morgan fingerprint density at radius 2 is 1.64 bits per heavy atom. The molecule has 2 heteroatoms. The van der Waals surface area contributed by atoms with Crippen LogP contribution < -0.4 is 4.74 Å². The third kappa shape index (κ3) is 2.57. The summed E-state index contributed by atoms with van der Waals surface area (Å²) in [5, 5.41) is 2.59. The number of para-hydroxylation sites is 1. The molecule has 0 unspecified atom stereocenters. The summed E-state index contributed by atoms with van der Waals surface area (Å²) in [5.74, 6) is 0.962. The zero-order valence-electron chi connectivity index (χ0n) is 12.2. The van der Waals surface area contributed by atoms with E-state index in [1.54, 1.807) is 0 Å². The molecule has 1 nitrogen and oxygen atoms in total. The van der Waals surface area contributed by atoms with Gasteiger partial charge >= 0.3 is 0 Å². The molecular formula is C20H17ClO. The fraction of sp³-hybridized carbons (Fsp3) is 0.200. The topological polar surface area (TPSA) is 9.23 Å². The summed E-state index contributed by atoms with van der Waals surface area (Å²) in [6, 6.07) is 23.2. The number of fused-ring (bicyclic) bond motifs is 2. The Morgan fingerprint density at radius 1 is 0.864 bits per heavy atom. The third-order valence-corrected chi connectivity index (χ3v) is 4.63. The van der Waals surface area contributed by atoms with Gasteiger partial charge in [0.2, 0.25) is 0 Å². The number of benzene rings is 3. The van der Waals surface area contributed by atoms with Crippen molar-refractivity contribution in [3.63, 3.8) is 0 Å². The zero-order valence-corrected chi connectivity index (χ0v) is 13.0. The largest absolute Gasteiger partial charge is 0.485 e. The van der Waals surface area contributed by atoms with Gasteiger partial charge in [0.1, 0.15) is 11.9 Å². The Bertz CT molecular complexity index is 811. The third-order valence-electron chi connectivity index (χ3n) is 4.30. The fourth-order valence-corrected chi connectivity index (χ4v) is 3.48. The summed E-state index contributed by atoms with van der Waals surface area (Å²) in [5.41, 5.74) is 2.40. The molecule has 0 aliphatic carbocycles. The van der Waals surface area contributed by atoms with Crippen LogP contribution in [0.4, 0.5) is 0 Å². The summed E-state index contributed by atoms with van der Waals surface area (Å²) >= 11 is 6.53. The van der Waals surface area contributed by atoms with Crippen molar-refractivity contribution in [3.05, 3.63) is 77.9 Å². The van der Waals surface area contributed by atoms with Gasteiger partial charge in [-0.2, -0.15) is 0 Å². The van der Waals surface area contributed by atoms with Gasteiger partial charge in [-0.05, 0) is 40.5 Å². The van der Waals surface area contributed by atoms with Gasteiger partial charge in [-0.3, -0.25) is 0 Å². The van der Waals surface area contributed by atoms with Crippen LogP contribution in [0.2, 0.25) is 0 Å². The summed E-state index contributed by atoms with van der Waals surface area (Å²) in [4.78, 5) is 0. The minimum atomic E-state index is 0.00996. The van der Waals surface area contributed by atoms with Crippen LogP contribution in [0.1, 0.15) is 23.7 Å². The number of hydrogen-bond donors (Lipinski definition) is 0. The van der Waals surface area contributed by atoms with E-state index >= 15 is 0 Å². The molecule has 4 rings (SSSR count). The van der Waals surface area contributed by atoms with Crippen molar-refractivity contribution in [1.82, 2.24) is 0 Å². The Kier molecular flexibility index (Phi) is 3.51. The first-order chi connectivity index (χ1) is 10.8. The number of halogens is 1. The second-order valence-corrected chi connectivity index (χ2v) is 6.48. The highest BCUT2D eigenvalue weighted by molar-refractivity contribution is 6.20. The molecule has 2 atom stereocenters. The molecule has 0 N–H and O–H groups in total. The minimum absolute atomic E-state index is 0.00996. The number of rotatable bonds is 1. The Morgan fingerprint density at radius 3 is 2.55 bits per heavy atom. The van der Waals surface area contributed by atoms with Crippen LogP contribution in [0.25, 0.3) is 10.8 Å². The van der Waals surface area contributed by atoms with E-state index in [0.717, 1.165) is 18.6 Å². The molecule has 110 valence electrons. The smallest absolute Gasteiger partial charge is 0.125 e. The van der Waals surface area contributed by atoms with Gasteiger partial charge in [-0.15, -0.1) is 11.6 Å². The van der Waals surface area contributed by atoms with Crippen LogP contribution in [0.3, 0.4) is 0 Å². The maximum atomic E-state index is 6.53. The van der Waals surface area contributed by atoms with Crippen LogP contribution in [-0.2, 0) is 6.42 Å². The van der Waals surface area contributed by atoms with E-state index in [4.69, 9.17) is 16.3 Å². The Balaban J connectivity index is 1.74. The van der Waals surface area contributed by atoms with E-state index in [1.165, 1.54) is 21.9 Å². The lowest BCUT2D eigenvalue weighted by Gasteiger charge is -2.19. The summed E-state index contributed by atoms with van der Waals surface area (Å²) < 4.78 is 6.28. The number of alkyl halides is 1. The molecule has 0 bridgehead atoms. The molecule has 0 spiro atoms. The van der Waals surface area contributed by atoms with Gasteiger partial charge < -0.3 is 4.74 Å². The maximum Gasteiger partial charge on any atom is 0.125 e. The first-order valence-electron chi connectivity index (χ1n) is 7.67. The number of hydrogen-bond acceptors (Lipinski definition) is 1. The lowest BCUT2D eigenvalue weighted by Crippen LogP contribution is -2.11. The Labute approximate surface area is 135 Å². The average Bonchev–Trinajstić information content (AvgIpc) is 2.72. The van der Waals surface area contributed by atoms with Gasteiger partial charge in [0.15, 0.2) is 0 Å². The van der Waals surface area contributed by atoms with E-state index in [-0.39, 0.29) is 11.5 Å². The molecule has 0 saturated carbocycles. The van der Waals surface area contributed by atoms with E-state index in [2.05, 4.69) is 48.5 Å². The molecule has 1 heterocycles. The van der Waals surface area contributed by atoms with Gasteiger partial charge in [-0.1, -0.05) is 54.6 Å². The second kappa shape index (κ2) is 5.66. The standard InChI is InChI=1S/C20H17ClO/c21-18-12-16-7-3-4-8-19(16)22-20(13-18)17-10-9-14-5-1-2-6-15(14)11-17/h1-11,18,20H,12-13H2/t18-,20+/m0/s1. The molecule has 3 aromatic carbocycles. The number of ether oxygens (including phenoxy) is 1. The van der Waals surface area contributed by atoms with Crippen molar-refractivity contribution in [2.45, 2.75) is 24.3 Å². The molecule has 0 radical (unpaired) electrons. The van der Waals surface area contributed by atoms with Crippen LogP contribution in [0.15, 0.2) is 66.7 Å². The minimum Gasteiger partial charge on any atom is -0.485 e. The van der Waals surface area contributed by atoms with Crippen molar-refractivity contribution in [2.24, 2.45) is 0 Å². The lowest BCUT2D eigenvalue weighted by molar-refractivity contribution is 0.201. The molecule has 0 saturated heterocycles.